The molecule has 2 unspecified atom stereocenters. The zero-order valence-corrected chi connectivity index (χ0v) is 12.5. The van der Waals surface area contributed by atoms with Gasteiger partial charge in [0.05, 0.1) is 29.9 Å². The van der Waals surface area contributed by atoms with Gasteiger partial charge in [-0.05, 0) is 18.6 Å². The average Bonchev–Trinajstić information content (AvgIpc) is 2.99. The Morgan fingerprint density at radius 3 is 2.91 bits per heavy atom. The monoisotopic (exact) mass is 314 g/mol. The van der Waals surface area contributed by atoms with Gasteiger partial charge in [0.1, 0.15) is 0 Å². The smallest absolute Gasteiger partial charge is 0.243 e. The van der Waals surface area contributed by atoms with Gasteiger partial charge in [-0.1, -0.05) is 18.2 Å². The first-order valence-corrected chi connectivity index (χ1v) is 7.46. The maximum atomic E-state index is 12.0. The van der Waals surface area contributed by atoms with E-state index in [1.54, 1.807) is 12.3 Å². The fourth-order valence-electron chi connectivity index (χ4n) is 2.61. The van der Waals surface area contributed by atoms with Crippen molar-refractivity contribution in [2.75, 3.05) is 18.4 Å². The summed E-state index contributed by atoms with van der Waals surface area (Å²) in [5.74, 6) is -0.609. The van der Waals surface area contributed by atoms with Crippen molar-refractivity contribution in [3.8, 4) is 0 Å². The summed E-state index contributed by atoms with van der Waals surface area (Å²) in [5.41, 5.74) is 1.31. The van der Waals surface area contributed by atoms with E-state index in [4.69, 9.17) is 0 Å². The topological polar surface area (TPSA) is 103 Å². The molecule has 120 valence electrons. The van der Waals surface area contributed by atoms with E-state index in [2.05, 4.69) is 20.9 Å². The number of aliphatic hydroxyl groups is 1. The molecule has 2 aromatic rings. The number of anilines is 1. The zero-order valence-electron chi connectivity index (χ0n) is 12.5. The number of carbonyl (C=O) groups excluding carboxylic acids is 2. The minimum absolute atomic E-state index is 0.129. The lowest BCUT2D eigenvalue weighted by Gasteiger charge is -2.12. The van der Waals surface area contributed by atoms with Crippen LogP contribution < -0.4 is 16.0 Å². The number of fused-ring (bicyclic) bond motifs is 1. The van der Waals surface area contributed by atoms with Crippen molar-refractivity contribution in [1.29, 1.82) is 0 Å². The van der Waals surface area contributed by atoms with E-state index in [1.165, 1.54) is 0 Å². The normalized spacial score (nSPS) is 20.4. The van der Waals surface area contributed by atoms with Gasteiger partial charge in [-0.2, -0.15) is 0 Å². The highest BCUT2D eigenvalue weighted by Gasteiger charge is 2.28. The van der Waals surface area contributed by atoms with Crippen LogP contribution in [0.15, 0.2) is 36.5 Å². The molecule has 0 saturated carbocycles. The number of aliphatic hydroxyl groups excluding tert-OH is 1. The number of carbonyl (C=O) groups is 2. The predicted molar refractivity (Wildman–Crippen MR) is 85.8 cm³/mol. The highest BCUT2D eigenvalue weighted by Crippen LogP contribution is 2.20. The van der Waals surface area contributed by atoms with Crippen LogP contribution >= 0.6 is 0 Å². The zero-order chi connectivity index (χ0) is 16.2. The van der Waals surface area contributed by atoms with Gasteiger partial charge in [0.2, 0.25) is 11.8 Å². The Kier molecular flexibility index (Phi) is 4.50. The van der Waals surface area contributed by atoms with Crippen LogP contribution in [-0.4, -0.2) is 47.1 Å². The molecule has 3 rings (SSSR count). The molecule has 23 heavy (non-hydrogen) atoms. The molecule has 2 atom stereocenters. The second-order valence-electron chi connectivity index (χ2n) is 5.50. The summed E-state index contributed by atoms with van der Waals surface area (Å²) < 4.78 is 0. The molecule has 2 heterocycles. The van der Waals surface area contributed by atoms with Crippen LogP contribution in [0.2, 0.25) is 0 Å². The highest BCUT2D eigenvalue weighted by atomic mass is 16.3. The number of aromatic nitrogens is 1. The lowest BCUT2D eigenvalue weighted by atomic mass is 10.2. The SMILES string of the molecule is O=C(CNC(=O)C1CC(O)CN1)Nc1cccc2cccnc12. The lowest BCUT2D eigenvalue weighted by molar-refractivity contribution is -0.125. The fourth-order valence-corrected chi connectivity index (χ4v) is 2.61. The van der Waals surface area contributed by atoms with Gasteiger partial charge >= 0.3 is 0 Å². The van der Waals surface area contributed by atoms with E-state index < -0.39 is 12.1 Å². The molecule has 4 N–H and O–H groups in total. The van der Waals surface area contributed by atoms with Crippen LogP contribution in [-0.2, 0) is 9.59 Å². The fraction of sp³-hybridized carbons (Fsp3) is 0.312. The van der Waals surface area contributed by atoms with Crippen LogP contribution in [0.3, 0.4) is 0 Å². The van der Waals surface area contributed by atoms with Crippen LogP contribution in [0, 0.1) is 0 Å². The van der Waals surface area contributed by atoms with E-state index in [0.717, 1.165) is 5.39 Å². The van der Waals surface area contributed by atoms with Gasteiger partial charge in [0.25, 0.3) is 0 Å². The Hall–Kier alpha value is -2.51. The minimum atomic E-state index is -0.513. The molecule has 1 fully saturated rings. The first-order valence-electron chi connectivity index (χ1n) is 7.46. The van der Waals surface area contributed by atoms with E-state index in [-0.39, 0.29) is 18.4 Å². The number of hydrogen-bond donors (Lipinski definition) is 4. The quantitative estimate of drug-likeness (QED) is 0.637. The number of hydrogen-bond acceptors (Lipinski definition) is 5. The Bertz CT molecular complexity index is 729. The molecule has 1 saturated heterocycles. The third-order valence-electron chi connectivity index (χ3n) is 3.75. The third-order valence-corrected chi connectivity index (χ3v) is 3.75. The van der Waals surface area contributed by atoms with Crippen LogP contribution in [0.25, 0.3) is 10.9 Å². The molecule has 1 aromatic carbocycles. The number of nitrogens with one attached hydrogen (secondary N) is 3. The largest absolute Gasteiger partial charge is 0.392 e. The van der Waals surface area contributed by atoms with E-state index in [9.17, 15) is 14.7 Å². The Balaban J connectivity index is 1.58. The average molecular weight is 314 g/mol. The molecule has 0 spiro atoms. The Labute approximate surface area is 133 Å². The molecule has 7 heteroatoms. The number of rotatable bonds is 4. The first-order chi connectivity index (χ1) is 11.1. The Morgan fingerprint density at radius 1 is 1.30 bits per heavy atom. The van der Waals surface area contributed by atoms with Gasteiger partial charge in [-0.25, -0.2) is 0 Å². The first kappa shape index (κ1) is 15.4. The molecule has 7 nitrogen and oxygen atoms in total. The molecule has 2 amide bonds. The van der Waals surface area contributed by atoms with E-state index in [1.807, 2.05) is 24.3 Å². The van der Waals surface area contributed by atoms with Gasteiger partial charge in [0.15, 0.2) is 0 Å². The number of amides is 2. The summed E-state index contributed by atoms with van der Waals surface area (Å²) in [4.78, 5) is 28.2. The number of pyridine rings is 1. The molecule has 0 aliphatic carbocycles. The molecular formula is C16H18N4O3. The van der Waals surface area contributed by atoms with Crippen molar-refractivity contribution < 1.29 is 14.7 Å². The van der Waals surface area contributed by atoms with Crippen LogP contribution in [0.5, 0.6) is 0 Å². The number of β-amino-alcohol motifs (C(OH)–C–C–N with tert-alkyl or cyclic N) is 1. The second-order valence-corrected chi connectivity index (χ2v) is 5.50. The summed E-state index contributed by atoms with van der Waals surface area (Å²) >= 11 is 0. The number of benzene rings is 1. The molecule has 0 radical (unpaired) electrons. The third kappa shape index (κ3) is 3.64. The molecule has 1 aliphatic rings. The Morgan fingerprint density at radius 2 is 2.13 bits per heavy atom. The summed E-state index contributed by atoms with van der Waals surface area (Å²) in [6, 6.07) is 8.81. The van der Waals surface area contributed by atoms with Crippen LogP contribution in [0.4, 0.5) is 5.69 Å². The van der Waals surface area contributed by atoms with Crippen LogP contribution in [0.1, 0.15) is 6.42 Å². The summed E-state index contributed by atoms with van der Waals surface area (Å²) in [7, 11) is 0. The van der Waals surface area contributed by atoms with Gasteiger partial charge in [-0.15, -0.1) is 0 Å². The lowest BCUT2D eigenvalue weighted by Crippen LogP contribution is -2.43. The van der Waals surface area contributed by atoms with Crippen molar-refractivity contribution in [1.82, 2.24) is 15.6 Å². The van der Waals surface area contributed by atoms with Crippen molar-refractivity contribution in [3.63, 3.8) is 0 Å². The second kappa shape index (κ2) is 6.72. The molecule has 1 aliphatic heterocycles. The maximum absolute atomic E-state index is 12.0. The minimum Gasteiger partial charge on any atom is -0.392 e. The molecule has 1 aromatic heterocycles. The molecule has 0 bridgehead atoms. The van der Waals surface area contributed by atoms with E-state index >= 15 is 0 Å². The predicted octanol–water partition coefficient (Wildman–Crippen LogP) is 0.0123. The van der Waals surface area contributed by atoms with Crippen molar-refractivity contribution in [3.05, 3.63) is 36.5 Å². The van der Waals surface area contributed by atoms with Gasteiger partial charge in [-0.3, -0.25) is 14.6 Å². The van der Waals surface area contributed by atoms with Crippen molar-refractivity contribution in [2.24, 2.45) is 0 Å². The summed E-state index contributed by atoms with van der Waals surface area (Å²) in [6.07, 6.45) is 1.51. The van der Waals surface area contributed by atoms with Crippen molar-refractivity contribution >= 4 is 28.4 Å². The standard InChI is InChI=1S/C16H18N4O3/c21-11-7-13(18-8-11)16(23)19-9-14(22)20-12-5-1-3-10-4-2-6-17-15(10)12/h1-6,11,13,18,21H,7-9H2,(H,19,23)(H,20,22). The maximum Gasteiger partial charge on any atom is 0.243 e. The van der Waals surface area contributed by atoms with Gasteiger partial charge < -0.3 is 21.1 Å². The number of para-hydroxylation sites is 1. The molecular weight excluding hydrogens is 296 g/mol. The van der Waals surface area contributed by atoms with Gasteiger partial charge in [0, 0.05) is 18.1 Å². The van der Waals surface area contributed by atoms with E-state index in [0.29, 0.717) is 24.2 Å². The summed E-state index contributed by atoms with van der Waals surface area (Å²) in [6.45, 7) is 0.266. The summed E-state index contributed by atoms with van der Waals surface area (Å²) in [5, 5.41) is 18.5. The number of nitrogens with zero attached hydrogens (tertiary/aromatic N) is 1. The van der Waals surface area contributed by atoms with Crippen molar-refractivity contribution in [2.45, 2.75) is 18.6 Å². The highest BCUT2D eigenvalue weighted by molar-refractivity contribution is 6.01.